The quantitative estimate of drug-likeness (QED) is 0.134. The van der Waals surface area contributed by atoms with Gasteiger partial charge >= 0.3 is 12.2 Å². The molecule has 3 amide bonds. The molecule has 56 heavy (non-hydrogen) atoms. The number of carboxylic acid groups (broad SMARTS) is 1. The summed E-state index contributed by atoms with van der Waals surface area (Å²) in [6, 6.07) is 13.6. The van der Waals surface area contributed by atoms with E-state index in [-0.39, 0.29) is 35.2 Å². The first kappa shape index (κ1) is 37.3. The average Bonchev–Trinajstić information content (AvgIpc) is 3.97. The number of aromatic nitrogens is 4. The minimum Gasteiger partial charge on any atom is -0.488 e. The van der Waals surface area contributed by atoms with E-state index in [0.717, 1.165) is 74.2 Å². The van der Waals surface area contributed by atoms with Gasteiger partial charge in [-0.1, -0.05) is 59.7 Å². The number of carbonyl (C=O) groups is 3. The van der Waals surface area contributed by atoms with Crippen molar-refractivity contribution in [3.63, 3.8) is 0 Å². The van der Waals surface area contributed by atoms with Gasteiger partial charge in [-0.05, 0) is 89.8 Å². The monoisotopic (exact) mass is 761 g/mol. The maximum Gasteiger partial charge on any atom is 0.408 e. The van der Waals surface area contributed by atoms with Crippen molar-refractivity contribution < 1.29 is 29.0 Å². The molecule has 0 unspecified atom stereocenters. The number of hydrogen-bond donors (Lipinski definition) is 4. The lowest BCUT2D eigenvalue weighted by Gasteiger charge is -2.45. The van der Waals surface area contributed by atoms with Crippen molar-refractivity contribution >= 4 is 39.9 Å². The predicted octanol–water partition coefficient (Wildman–Crippen LogP) is 8.36. The van der Waals surface area contributed by atoms with Crippen molar-refractivity contribution in [1.29, 1.82) is 0 Å². The summed E-state index contributed by atoms with van der Waals surface area (Å²) >= 11 is 0. The Hall–Kier alpha value is -5.59. The largest absolute Gasteiger partial charge is 0.488 e. The lowest BCUT2D eigenvalue weighted by atomic mass is 9.70. The molecular formula is C43H51N7O6. The lowest BCUT2D eigenvalue weighted by Crippen LogP contribution is -2.53. The first-order valence-corrected chi connectivity index (χ1v) is 19.6. The highest BCUT2D eigenvalue weighted by Gasteiger charge is 2.57. The SMILES string of the molecule is COC(=O)N[C@H](C(=O)N1[C@@H](C)CC[C@H]1c1nc2c(ccc3cc4c(cc32)OCc2cc(-c3cnc([C@@]5(C(C)(C)C)C[C@H](C)CN5C(=O)O)[nH]3)ccc2-4)[nH]1)C(C)C. The number of hydrogen-bond acceptors (Lipinski definition) is 7. The number of ether oxygens (including phenoxy) is 2. The number of methoxy groups -OCH3 is 1. The van der Waals surface area contributed by atoms with E-state index in [1.807, 2.05) is 37.9 Å². The van der Waals surface area contributed by atoms with Gasteiger partial charge < -0.3 is 34.8 Å². The van der Waals surface area contributed by atoms with Gasteiger partial charge in [-0.2, -0.15) is 0 Å². The minimum atomic E-state index is -0.930. The van der Waals surface area contributed by atoms with Crippen molar-refractivity contribution in [1.82, 2.24) is 35.1 Å². The summed E-state index contributed by atoms with van der Waals surface area (Å²) in [5.41, 5.74) is 5.42. The fraction of sp³-hybridized carbons (Fsp3) is 0.465. The zero-order valence-electron chi connectivity index (χ0n) is 33.3. The molecule has 5 atom stereocenters. The average molecular weight is 762 g/mol. The third-order valence-corrected chi connectivity index (χ3v) is 12.3. The fourth-order valence-electron chi connectivity index (χ4n) is 9.47. The number of nitrogens with one attached hydrogen (secondary N) is 3. The molecule has 5 heterocycles. The summed E-state index contributed by atoms with van der Waals surface area (Å²) in [6.45, 7) is 15.1. The molecule has 3 aromatic carbocycles. The van der Waals surface area contributed by atoms with Gasteiger partial charge in [0.1, 0.15) is 35.6 Å². The summed E-state index contributed by atoms with van der Waals surface area (Å²) in [4.78, 5) is 59.0. The van der Waals surface area contributed by atoms with Crippen LogP contribution in [0.15, 0.2) is 48.7 Å². The molecule has 2 saturated heterocycles. The van der Waals surface area contributed by atoms with Crippen molar-refractivity contribution in [2.45, 2.75) is 98.0 Å². The van der Waals surface area contributed by atoms with Crippen LogP contribution in [-0.2, 0) is 21.7 Å². The van der Waals surface area contributed by atoms with E-state index in [1.165, 1.54) is 7.11 Å². The number of likely N-dealkylation sites (tertiary alicyclic amines) is 2. The summed E-state index contributed by atoms with van der Waals surface area (Å²) < 4.78 is 11.2. The first-order chi connectivity index (χ1) is 26.6. The molecule has 4 N–H and O–H groups in total. The van der Waals surface area contributed by atoms with Gasteiger partial charge in [0.2, 0.25) is 5.91 Å². The number of rotatable bonds is 6. The van der Waals surface area contributed by atoms with Crippen LogP contribution in [0.4, 0.5) is 9.59 Å². The number of aromatic amines is 2. The Balaban J connectivity index is 1.10. The number of benzene rings is 3. The van der Waals surface area contributed by atoms with Crippen molar-refractivity contribution in [3.05, 3.63) is 65.9 Å². The molecule has 8 rings (SSSR count). The molecule has 13 heteroatoms. The Morgan fingerprint density at radius 1 is 1.05 bits per heavy atom. The number of carbonyl (C=O) groups excluding carboxylic acids is 2. The fourth-order valence-corrected chi connectivity index (χ4v) is 9.47. The van der Waals surface area contributed by atoms with Crippen LogP contribution in [0, 0.1) is 17.3 Å². The van der Waals surface area contributed by atoms with Crippen LogP contribution in [0.3, 0.4) is 0 Å². The van der Waals surface area contributed by atoms with Gasteiger partial charge in [-0.15, -0.1) is 0 Å². The molecule has 2 aromatic heterocycles. The van der Waals surface area contributed by atoms with Crippen molar-refractivity contribution in [3.8, 4) is 28.1 Å². The summed E-state index contributed by atoms with van der Waals surface area (Å²) in [5.74, 6) is 2.09. The maximum absolute atomic E-state index is 13.9. The van der Waals surface area contributed by atoms with Gasteiger partial charge in [0, 0.05) is 23.5 Å². The molecule has 294 valence electrons. The second-order valence-corrected chi connectivity index (χ2v) is 17.3. The highest BCUT2D eigenvalue weighted by Crippen LogP contribution is 2.52. The molecule has 2 fully saturated rings. The number of alkyl carbamates (subject to hydrolysis) is 1. The number of fused-ring (bicyclic) bond motifs is 6. The third kappa shape index (κ3) is 5.93. The molecule has 0 saturated carbocycles. The van der Waals surface area contributed by atoms with E-state index >= 15 is 0 Å². The Morgan fingerprint density at radius 2 is 1.84 bits per heavy atom. The molecular weight excluding hydrogens is 711 g/mol. The van der Waals surface area contributed by atoms with Gasteiger partial charge in [-0.3, -0.25) is 9.69 Å². The number of H-pyrrole nitrogens is 2. The standard InChI is InChI=1S/C43H51N7O6/c1-22(2)35(48-40(52)55-8)38(51)50-24(4)9-14-33(50)37-45-31-13-11-25-16-30-28-12-10-26(15-27(28)21-56-34(30)17-29(25)36(31)47-37)32-19-44-39(46-32)43(42(5,6)7)18-23(3)20-49(43)41(53)54/h10-13,15-17,19,22-24,33,35H,9,14,18,20-21H2,1-8H3,(H,44,46)(H,45,47)(H,48,52)(H,53,54)/t23-,24-,33-,35-,43+/m0/s1. The molecule has 0 bridgehead atoms. The molecule has 13 nitrogen and oxygen atoms in total. The molecule has 5 aromatic rings. The minimum absolute atomic E-state index is 0.0204. The Bertz CT molecular complexity index is 2380. The maximum atomic E-state index is 13.9. The van der Waals surface area contributed by atoms with Crippen LogP contribution in [-0.4, -0.2) is 78.7 Å². The van der Waals surface area contributed by atoms with Crippen LogP contribution in [0.2, 0.25) is 0 Å². The van der Waals surface area contributed by atoms with E-state index in [2.05, 4.69) is 79.4 Å². The van der Waals surface area contributed by atoms with Gasteiger partial charge in [0.15, 0.2) is 0 Å². The summed E-state index contributed by atoms with van der Waals surface area (Å²) in [6.07, 6.45) is 2.52. The second-order valence-electron chi connectivity index (χ2n) is 17.3. The van der Waals surface area contributed by atoms with Crippen LogP contribution < -0.4 is 10.1 Å². The van der Waals surface area contributed by atoms with E-state index < -0.39 is 23.8 Å². The first-order valence-electron chi connectivity index (χ1n) is 19.6. The van der Waals surface area contributed by atoms with Crippen molar-refractivity contribution in [2.75, 3.05) is 13.7 Å². The van der Waals surface area contributed by atoms with Crippen LogP contribution in [0.25, 0.3) is 44.2 Å². The highest BCUT2D eigenvalue weighted by molar-refractivity contribution is 6.07. The van der Waals surface area contributed by atoms with E-state index in [4.69, 9.17) is 19.4 Å². The molecule has 0 aliphatic carbocycles. The topological polar surface area (TPSA) is 166 Å². The van der Waals surface area contributed by atoms with Crippen LogP contribution in [0.5, 0.6) is 5.75 Å². The van der Waals surface area contributed by atoms with Gasteiger partial charge in [-0.25, -0.2) is 19.6 Å². The Labute approximate surface area is 326 Å². The zero-order valence-corrected chi connectivity index (χ0v) is 33.3. The predicted molar refractivity (Wildman–Crippen MR) is 213 cm³/mol. The number of amides is 3. The highest BCUT2D eigenvalue weighted by atomic mass is 16.5. The third-order valence-electron chi connectivity index (χ3n) is 12.3. The molecule has 0 spiro atoms. The van der Waals surface area contributed by atoms with Gasteiger partial charge in [0.25, 0.3) is 0 Å². The normalized spacial score (nSPS) is 22.6. The lowest BCUT2D eigenvalue weighted by molar-refractivity contribution is -0.137. The number of nitrogens with zero attached hydrogens (tertiary/aromatic N) is 4. The Morgan fingerprint density at radius 3 is 2.55 bits per heavy atom. The molecule has 3 aliphatic rings. The van der Waals surface area contributed by atoms with E-state index in [0.29, 0.717) is 25.4 Å². The Kier molecular flexibility index (Phi) is 9.04. The van der Waals surface area contributed by atoms with Crippen LogP contribution >= 0.6 is 0 Å². The smallest absolute Gasteiger partial charge is 0.408 e. The van der Waals surface area contributed by atoms with E-state index in [1.54, 1.807) is 4.90 Å². The second kappa shape index (κ2) is 13.6. The van der Waals surface area contributed by atoms with Gasteiger partial charge in [0.05, 0.1) is 36.1 Å². The molecule has 0 radical (unpaired) electrons. The van der Waals surface area contributed by atoms with E-state index in [9.17, 15) is 19.5 Å². The summed E-state index contributed by atoms with van der Waals surface area (Å²) in [5, 5.41) is 14.9. The van der Waals surface area contributed by atoms with Crippen molar-refractivity contribution in [2.24, 2.45) is 17.3 Å². The molecule has 3 aliphatic heterocycles. The summed E-state index contributed by atoms with van der Waals surface area (Å²) in [7, 11) is 1.30. The van der Waals surface area contributed by atoms with Crippen LogP contribution in [0.1, 0.15) is 91.0 Å². The number of imidazole rings is 2. The zero-order chi connectivity index (χ0) is 39.8.